The fourth-order valence-electron chi connectivity index (χ4n) is 2.81. The van der Waals surface area contributed by atoms with Crippen LogP contribution in [-0.4, -0.2) is 85.6 Å². The van der Waals surface area contributed by atoms with E-state index >= 15 is 0 Å². The Hall–Kier alpha value is -0.0700. The fourth-order valence-corrected chi connectivity index (χ4v) is 2.81. The molecule has 0 radical (unpaired) electrons. The number of amides is 1. The largest absolute Gasteiger partial charge is 0.340 e. The standard InChI is InChI=1S/C14H28N4O.2ClH/c1-12(2)16(3)11-14(19)18-7-4-13(10-18)17-8-5-15-6-9-17;;/h12-13,15H,4-11H2,1-3H3;2*1H. The molecule has 0 aliphatic carbocycles. The Morgan fingerprint density at radius 3 is 2.43 bits per heavy atom. The van der Waals surface area contributed by atoms with Gasteiger partial charge in [-0.3, -0.25) is 14.6 Å². The van der Waals surface area contributed by atoms with Crippen molar-refractivity contribution in [2.75, 3.05) is 52.9 Å². The van der Waals surface area contributed by atoms with Crippen LogP contribution in [0.25, 0.3) is 0 Å². The molecule has 2 fully saturated rings. The Morgan fingerprint density at radius 1 is 1.24 bits per heavy atom. The molecule has 126 valence electrons. The number of rotatable bonds is 4. The van der Waals surface area contributed by atoms with Crippen molar-refractivity contribution in [1.82, 2.24) is 20.0 Å². The van der Waals surface area contributed by atoms with E-state index in [9.17, 15) is 4.79 Å². The summed E-state index contributed by atoms with van der Waals surface area (Å²) in [6.45, 7) is 11.1. The van der Waals surface area contributed by atoms with Gasteiger partial charge in [-0.25, -0.2) is 0 Å². The number of likely N-dealkylation sites (tertiary alicyclic amines) is 1. The Balaban J connectivity index is 0.00000200. The van der Waals surface area contributed by atoms with Crippen LogP contribution in [0.3, 0.4) is 0 Å². The van der Waals surface area contributed by atoms with Gasteiger partial charge in [0.05, 0.1) is 6.54 Å². The molecule has 1 unspecified atom stereocenters. The third kappa shape index (κ3) is 5.91. The van der Waals surface area contributed by atoms with Gasteiger partial charge < -0.3 is 10.2 Å². The molecule has 2 rings (SSSR count). The molecule has 0 saturated carbocycles. The minimum Gasteiger partial charge on any atom is -0.340 e. The van der Waals surface area contributed by atoms with Crippen LogP contribution in [0.2, 0.25) is 0 Å². The minimum absolute atomic E-state index is 0. The highest BCUT2D eigenvalue weighted by Crippen LogP contribution is 2.16. The zero-order valence-electron chi connectivity index (χ0n) is 13.4. The molecule has 0 spiro atoms. The second-order valence-electron chi connectivity index (χ2n) is 6.08. The molecule has 1 amide bonds. The topological polar surface area (TPSA) is 38.8 Å². The number of halogens is 2. The van der Waals surface area contributed by atoms with E-state index in [0.29, 0.717) is 18.6 Å². The van der Waals surface area contributed by atoms with Gasteiger partial charge in [0.25, 0.3) is 0 Å². The van der Waals surface area contributed by atoms with Gasteiger partial charge >= 0.3 is 0 Å². The lowest BCUT2D eigenvalue weighted by atomic mass is 10.2. The lowest BCUT2D eigenvalue weighted by molar-refractivity contribution is -0.131. The van der Waals surface area contributed by atoms with Gasteiger partial charge in [0.2, 0.25) is 5.91 Å². The second kappa shape index (κ2) is 9.85. The predicted molar refractivity (Wildman–Crippen MR) is 91.7 cm³/mol. The number of nitrogens with one attached hydrogen (secondary N) is 1. The summed E-state index contributed by atoms with van der Waals surface area (Å²) in [5.41, 5.74) is 0. The molecule has 2 aliphatic rings. The molecule has 2 saturated heterocycles. The van der Waals surface area contributed by atoms with E-state index in [1.807, 2.05) is 11.9 Å². The van der Waals surface area contributed by atoms with E-state index in [-0.39, 0.29) is 30.7 Å². The average Bonchev–Trinajstić information content (AvgIpc) is 2.89. The van der Waals surface area contributed by atoms with Crippen LogP contribution in [0.1, 0.15) is 20.3 Å². The van der Waals surface area contributed by atoms with E-state index in [2.05, 4.69) is 29.0 Å². The fraction of sp³-hybridized carbons (Fsp3) is 0.929. The van der Waals surface area contributed by atoms with Crippen molar-refractivity contribution in [2.24, 2.45) is 0 Å². The SMILES string of the molecule is CC(C)N(C)CC(=O)N1CCC(N2CCNCC2)C1.Cl.Cl. The Bertz CT molecular complexity index is 311. The first-order valence-corrected chi connectivity index (χ1v) is 7.50. The third-order valence-corrected chi connectivity index (χ3v) is 4.45. The molecule has 0 aromatic heterocycles. The molecule has 7 heteroatoms. The molecular weight excluding hydrogens is 311 g/mol. The van der Waals surface area contributed by atoms with Gasteiger partial charge in [-0.2, -0.15) is 0 Å². The minimum atomic E-state index is 0. The maximum atomic E-state index is 12.2. The van der Waals surface area contributed by atoms with Gasteiger partial charge in [0, 0.05) is 51.4 Å². The summed E-state index contributed by atoms with van der Waals surface area (Å²) in [5.74, 6) is 0.286. The summed E-state index contributed by atoms with van der Waals surface area (Å²) in [4.78, 5) is 18.9. The van der Waals surface area contributed by atoms with E-state index in [1.54, 1.807) is 0 Å². The van der Waals surface area contributed by atoms with Crippen molar-refractivity contribution >= 4 is 30.7 Å². The van der Waals surface area contributed by atoms with Crippen LogP contribution in [0.4, 0.5) is 0 Å². The summed E-state index contributed by atoms with van der Waals surface area (Å²) in [7, 11) is 2.02. The first-order valence-electron chi connectivity index (χ1n) is 7.50. The molecule has 21 heavy (non-hydrogen) atoms. The highest BCUT2D eigenvalue weighted by molar-refractivity contribution is 5.85. The van der Waals surface area contributed by atoms with Crippen molar-refractivity contribution in [1.29, 1.82) is 0 Å². The maximum absolute atomic E-state index is 12.2. The average molecular weight is 341 g/mol. The van der Waals surface area contributed by atoms with E-state index < -0.39 is 0 Å². The maximum Gasteiger partial charge on any atom is 0.236 e. The van der Waals surface area contributed by atoms with Gasteiger partial charge in [0.1, 0.15) is 0 Å². The molecule has 2 heterocycles. The molecule has 0 aromatic rings. The van der Waals surface area contributed by atoms with Gasteiger partial charge in [-0.15, -0.1) is 24.8 Å². The molecule has 2 aliphatic heterocycles. The van der Waals surface area contributed by atoms with Crippen LogP contribution in [0.5, 0.6) is 0 Å². The van der Waals surface area contributed by atoms with Crippen molar-refractivity contribution in [3.05, 3.63) is 0 Å². The zero-order valence-corrected chi connectivity index (χ0v) is 15.0. The van der Waals surface area contributed by atoms with Crippen LogP contribution in [0.15, 0.2) is 0 Å². The van der Waals surface area contributed by atoms with Gasteiger partial charge in [0.15, 0.2) is 0 Å². The number of piperazine rings is 1. The Morgan fingerprint density at radius 2 is 1.86 bits per heavy atom. The molecule has 1 atom stereocenters. The number of carbonyl (C=O) groups is 1. The molecule has 5 nitrogen and oxygen atoms in total. The van der Waals surface area contributed by atoms with Crippen molar-refractivity contribution in [3.8, 4) is 0 Å². The lowest BCUT2D eigenvalue weighted by Gasteiger charge is -2.32. The van der Waals surface area contributed by atoms with Crippen LogP contribution in [-0.2, 0) is 4.79 Å². The van der Waals surface area contributed by atoms with E-state index in [1.165, 1.54) is 0 Å². The van der Waals surface area contributed by atoms with Crippen molar-refractivity contribution < 1.29 is 4.79 Å². The van der Waals surface area contributed by atoms with Gasteiger partial charge in [-0.05, 0) is 27.3 Å². The highest BCUT2D eigenvalue weighted by atomic mass is 35.5. The third-order valence-electron chi connectivity index (χ3n) is 4.45. The van der Waals surface area contributed by atoms with Crippen LogP contribution in [0, 0.1) is 0 Å². The van der Waals surface area contributed by atoms with Crippen LogP contribution >= 0.6 is 24.8 Å². The first kappa shape index (κ1) is 20.9. The number of hydrogen-bond acceptors (Lipinski definition) is 4. The monoisotopic (exact) mass is 340 g/mol. The molecule has 0 bridgehead atoms. The second-order valence-corrected chi connectivity index (χ2v) is 6.08. The predicted octanol–water partition coefficient (Wildman–Crippen LogP) is 0.676. The number of nitrogens with zero attached hydrogens (tertiary/aromatic N) is 3. The zero-order chi connectivity index (χ0) is 13.8. The highest BCUT2D eigenvalue weighted by Gasteiger charge is 2.31. The smallest absolute Gasteiger partial charge is 0.236 e. The van der Waals surface area contributed by atoms with E-state index in [0.717, 1.165) is 45.7 Å². The Kier molecular flexibility index (Phi) is 9.81. The Labute approximate surface area is 141 Å². The lowest BCUT2D eigenvalue weighted by Crippen LogP contribution is -2.49. The summed E-state index contributed by atoms with van der Waals surface area (Å²) in [5, 5.41) is 3.38. The molecule has 0 aromatic carbocycles. The van der Waals surface area contributed by atoms with E-state index in [4.69, 9.17) is 0 Å². The summed E-state index contributed by atoms with van der Waals surface area (Å²) in [6.07, 6.45) is 1.14. The van der Waals surface area contributed by atoms with Crippen molar-refractivity contribution in [3.63, 3.8) is 0 Å². The summed E-state index contributed by atoms with van der Waals surface area (Å²) in [6, 6.07) is 1.01. The number of carbonyl (C=O) groups excluding carboxylic acids is 1. The quantitative estimate of drug-likeness (QED) is 0.816. The summed E-state index contributed by atoms with van der Waals surface area (Å²) >= 11 is 0. The van der Waals surface area contributed by atoms with Gasteiger partial charge in [-0.1, -0.05) is 0 Å². The number of hydrogen-bond donors (Lipinski definition) is 1. The number of likely N-dealkylation sites (N-methyl/N-ethyl adjacent to an activating group) is 1. The van der Waals surface area contributed by atoms with Crippen molar-refractivity contribution in [2.45, 2.75) is 32.4 Å². The van der Waals surface area contributed by atoms with Crippen LogP contribution < -0.4 is 5.32 Å². The first-order chi connectivity index (χ1) is 9.08. The molecular formula is C14H30Cl2N4O. The molecule has 1 N–H and O–H groups in total. The summed E-state index contributed by atoms with van der Waals surface area (Å²) < 4.78 is 0. The normalized spacial score (nSPS) is 23.1.